The van der Waals surface area contributed by atoms with Gasteiger partial charge in [-0.3, -0.25) is 0 Å². The van der Waals surface area contributed by atoms with Crippen molar-refractivity contribution < 1.29 is 9.57 Å². The lowest BCUT2D eigenvalue weighted by molar-refractivity contribution is 0.0705. The maximum atomic E-state index is 5.86. The Kier molecular flexibility index (Phi) is 2.37. The molecule has 2 heterocycles. The van der Waals surface area contributed by atoms with Crippen molar-refractivity contribution in [3.05, 3.63) is 65.7 Å². The molecule has 2 atom stereocenters. The molecule has 0 aliphatic carbocycles. The molecule has 96 valence electrons. The van der Waals surface area contributed by atoms with Crippen LogP contribution < -0.4 is 10.2 Å². The second-order valence-electron chi connectivity index (χ2n) is 5.09. The summed E-state index contributed by atoms with van der Waals surface area (Å²) in [6.07, 6.45) is 0. The van der Waals surface area contributed by atoms with Crippen molar-refractivity contribution in [1.29, 1.82) is 0 Å². The lowest BCUT2D eigenvalue weighted by Crippen LogP contribution is -2.47. The van der Waals surface area contributed by atoms with Gasteiger partial charge in [0, 0.05) is 11.5 Å². The molecule has 19 heavy (non-hydrogen) atoms. The highest BCUT2D eigenvalue weighted by Gasteiger charge is 2.51. The van der Waals surface area contributed by atoms with Gasteiger partial charge in [-0.1, -0.05) is 48.5 Å². The van der Waals surface area contributed by atoms with Crippen LogP contribution in [0.1, 0.15) is 11.1 Å². The number of nitrogens with one attached hydrogen (secondary N) is 1. The maximum Gasteiger partial charge on any atom is 0.124 e. The number of para-hydroxylation sites is 1. The molecule has 2 aliphatic rings. The highest BCUT2D eigenvalue weighted by molar-refractivity contribution is 5.49. The van der Waals surface area contributed by atoms with E-state index in [1.54, 1.807) is 0 Å². The van der Waals surface area contributed by atoms with E-state index in [4.69, 9.17) is 9.57 Å². The summed E-state index contributed by atoms with van der Waals surface area (Å²) in [6, 6.07) is 18.7. The molecular formula is C16H15NO2. The van der Waals surface area contributed by atoms with Crippen molar-refractivity contribution in [3.63, 3.8) is 0 Å². The van der Waals surface area contributed by atoms with Gasteiger partial charge in [0.1, 0.15) is 11.3 Å². The van der Waals surface area contributed by atoms with Crippen molar-refractivity contribution in [2.24, 2.45) is 5.92 Å². The quantitative estimate of drug-likeness (QED) is 0.847. The van der Waals surface area contributed by atoms with Crippen molar-refractivity contribution >= 4 is 0 Å². The first-order chi connectivity index (χ1) is 9.41. The van der Waals surface area contributed by atoms with E-state index in [9.17, 15) is 0 Å². The van der Waals surface area contributed by atoms with Gasteiger partial charge < -0.3 is 9.57 Å². The molecule has 0 bridgehead atoms. The first-order valence-electron chi connectivity index (χ1n) is 6.58. The van der Waals surface area contributed by atoms with E-state index in [1.807, 2.05) is 18.2 Å². The van der Waals surface area contributed by atoms with E-state index in [1.165, 1.54) is 5.56 Å². The second kappa shape index (κ2) is 4.08. The molecule has 4 rings (SSSR count). The zero-order valence-corrected chi connectivity index (χ0v) is 10.5. The molecule has 2 aromatic carbocycles. The first kappa shape index (κ1) is 11.0. The van der Waals surface area contributed by atoms with Crippen LogP contribution in [0.25, 0.3) is 0 Å². The summed E-state index contributed by atoms with van der Waals surface area (Å²) in [4.78, 5) is 5.58. The smallest absolute Gasteiger partial charge is 0.124 e. The number of fused-ring (bicyclic) bond motifs is 3. The lowest BCUT2D eigenvalue weighted by atomic mass is 9.73. The molecule has 0 radical (unpaired) electrons. The van der Waals surface area contributed by atoms with Crippen LogP contribution in [0.2, 0.25) is 0 Å². The summed E-state index contributed by atoms with van der Waals surface area (Å²) >= 11 is 0. The Balaban J connectivity index is 1.97. The molecular weight excluding hydrogens is 238 g/mol. The van der Waals surface area contributed by atoms with E-state index in [0.717, 1.165) is 11.3 Å². The Bertz CT molecular complexity index is 599. The van der Waals surface area contributed by atoms with E-state index < -0.39 is 0 Å². The zero-order valence-electron chi connectivity index (χ0n) is 10.5. The average molecular weight is 253 g/mol. The zero-order chi connectivity index (χ0) is 12.7. The molecule has 3 heteroatoms. The van der Waals surface area contributed by atoms with Gasteiger partial charge in [0.25, 0.3) is 0 Å². The van der Waals surface area contributed by atoms with Gasteiger partial charge in [0.15, 0.2) is 0 Å². The molecule has 1 saturated heterocycles. The fraction of sp³-hybridized carbons (Fsp3) is 0.250. The van der Waals surface area contributed by atoms with E-state index in [-0.39, 0.29) is 5.54 Å². The van der Waals surface area contributed by atoms with E-state index in [2.05, 4.69) is 41.9 Å². The minimum Gasteiger partial charge on any atom is -0.493 e. The van der Waals surface area contributed by atoms with Crippen LogP contribution in [-0.4, -0.2) is 13.2 Å². The summed E-state index contributed by atoms with van der Waals surface area (Å²) in [5.74, 6) is 1.24. The van der Waals surface area contributed by atoms with Gasteiger partial charge in [0.2, 0.25) is 0 Å². The summed E-state index contributed by atoms with van der Waals surface area (Å²) in [5.41, 5.74) is 5.37. The van der Waals surface area contributed by atoms with Crippen LogP contribution in [-0.2, 0) is 10.4 Å². The maximum absolute atomic E-state index is 5.86. The largest absolute Gasteiger partial charge is 0.493 e. The van der Waals surface area contributed by atoms with Crippen LogP contribution in [0.4, 0.5) is 0 Å². The fourth-order valence-electron chi connectivity index (χ4n) is 3.17. The highest BCUT2D eigenvalue weighted by atomic mass is 16.7. The van der Waals surface area contributed by atoms with Gasteiger partial charge in [-0.2, -0.15) is 5.48 Å². The van der Waals surface area contributed by atoms with Crippen molar-refractivity contribution in [2.75, 3.05) is 13.2 Å². The minimum atomic E-state index is -0.282. The van der Waals surface area contributed by atoms with Crippen molar-refractivity contribution in [3.8, 4) is 5.75 Å². The van der Waals surface area contributed by atoms with Crippen LogP contribution in [0, 0.1) is 5.92 Å². The molecule has 0 spiro atoms. The molecule has 2 aliphatic heterocycles. The molecule has 0 amide bonds. The number of hydrogen-bond donors (Lipinski definition) is 1. The Morgan fingerprint density at radius 2 is 1.74 bits per heavy atom. The van der Waals surface area contributed by atoms with Gasteiger partial charge in [-0.05, 0) is 11.6 Å². The topological polar surface area (TPSA) is 30.5 Å². The van der Waals surface area contributed by atoms with Gasteiger partial charge in [-0.15, -0.1) is 0 Å². The van der Waals surface area contributed by atoms with E-state index >= 15 is 0 Å². The van der Waals surface area contributed by atoms with Gasteiger partial charge in [0.05, 0.1) is 13.2 Å². The third kappa shape index (κ3) is 1.46. The van der Waals surface area contributed by atoms with Gasteiger partial charge >= 0.3 is 0 Å². The number of benzene rings is 2. The highest BCUT2D eigenvalue weighted by Crippen LogP contribution is 2.47. The predicted molar refractivity (Wildman–Crippen MR) is 71.7 cm³/mol. The summed E-state index contributed by atoms with van der Waals surface area (Å²) in [5, 5.41) is 0. The average Bonchev–Trinajstić information content (AvgIpc) is 2.93. The predicted octanol–water partition coefficient (Wildman–Crippen LogP) is 2.47. The van der Waals surface area contributed by atoms with Crippen LogP contribution in [0.3, 0.4) is 0 Å². The Hall–Kier alpha value is -1.84. The minimum absolute atomic E-state index is 0.282. The normalized spacial score (nSPS) is 28.3. The van der Waals surface area contributed by atoms with Crippen LogP contribution in [0.5, 0.6) is 5.75 Å². The monoisotopic (exact) mass is 253 g/mol. The molecule has 0 saturated carbocycles. The molecule has 1 N–H and O–H groups in total. The number of rotatable bonds is 1. The van der Waals surface area contributed by atoms with Gasteiger partial charge in [-0.25, -0.2) is 0 Å². The second-order valence-corrected chi connectivity index (χ2v) is 5.09. The number of hydrogen-bond acceptors (Lipinski definition) is 3. The fourth-order valence-corrected chi connectivity index (χ4v) is 3.17. The molecule has 0 unspecified atom stereocenters. The van der Waals surface area contributed by atoms with Crippen LogP contribution in [0.15, 0.2) is 54.6 Å². The lowest BCUT2D eigenvalue weighted by Gasteiger charge is -2.39. The molecule has 3 nitrogen and oxygen atoms in total. The Morgan fingerprint density at radius 1 is 0.947 bits per heavy atom. The Labute approximate surface area is 112 Å². The third-order valence-electron chi connectivity index (χ3n) is 4.11. The summed E-state index contributed by atoms with van der Waals surface area (Å²) < 4.78 is 5.86. The SMILES string of the molecule is c1ccc([C@]23NOC[C@H]2COc2ccccc23)cc1. The van der Waals surface area contributed by atoms with Crippen LogP contribution >= 0.6 is 0 Å². The van der Waals surface area contributed by atoms with E-state index in [0.29, 0.717) is 19.1 Å². The number of ether oxygens (including phenoxy) is 1. The standard InChI is InChI=1S/C16H15NO2/c1-2-6-12(7-3-1)16-13(11-19-17-16)10-18-15-9-5-4-8-14(15)16/h1-9,13,17H,10-11H2/t13-,16+/m1/s1. The third-order valence-corrected chi connectivity index (χ3v) is 4.11. The summed E-state index contributed by atoms with van der Waals surface area (Å²) in [6.45, 7) is 1.35. The summed E-state index contributed by atoms with van der Waals surface area (Å²) in [7, 11) is 0. The van der Waals surface area contributed by atoms with Crippen molar-refractivity contribution in [1.82, 2.24) is 5.48 Å². The molecule has 2 aromatic rings. The molecule has 0 aromatic heterocycles. The Morgan fingerprint density at radius 3 is 2.63 bits per heavy atom. The van der Waals surface area contributed by atoms with Crippen molar-refractivity contribution in [2.45, 2.75) is 5.54 Å². The number of hydroxylamine groups is 1. The molecule has 1 fully saturated rings. The first-order valence-corrected chi connectivity index (χ1v) is 6.58.